The van der Waals surface area contributed by atoms with Gasteiger partial charge in [-0.25, -0.2) is 17.6 Å². The molecule has 0 saturated heterocycles. The summed E-state index contributed by atoms with van der Waals surface area (Å²) >= 11 is 0. The Morgan fingerprint density at radius 3 is 2.67 bits per heavy atom. The van der Waals surface area contributed by atoms with Gasteiger partial charge in [0.25, 0.3) is 10.0 Å². The number of aromatic carboxylic acids is 1. The van der Waals surface area contributed by atoms with Gasteiger partial charge in [-0.2, -0.15) is 0 Å². The summed E-state index contributed by atoms with van der Waals surface area (Å²) in [6.45, 7) is 2.01. The number of nitrogens with zero attached hydrogens (tertiary/aromatic N) is 1. The first-order valence-corrected chi connectivity index (χ1v) is 8.96. The van der Waals surface area contributed by atoms with E-state index in [4.69, 9.17) is 5.11 Å². The number of halogens is 1. The van der Waals surface area contributed by atoms with Crippen molar-refractivity contribution in [1.29, 1.82) is 0 Å². The minimum absolute atomic E-state index is 0.0398. The predicted molar refractivity (Wildman–Crippen MR) is 87.4 cm³/mol. The van der Waals surface area contributed by atoms with E-state index in [-0.39, 0.29) is 17.0 Å². The van der Waals surface area contributed by atoms with Crippen molar-refractivity contribution in [2.45, 2.75) is 24.7 Å². The Morgan fingerprint density at radius 2 is 2.00 bits per heavy atom. The minimum atomic E-state index is -3.96. The van der Waals surface area contributed by atoms with Crippen LogP contribution in [0.25, 0.3) is 0 Å². The second-order valence-corrected chi connectivity index (χ2v) is 7.41. The minimum Gasteiger partial charge on any atom is -0.478 e. The predicted octanol–water partition coefficient (Wildman–Crippen LogP) is 2.84. The molecule has 1 aliphatic heterocycles. The molecule has 0 unspecified atom stereocenters. The topological polar surface area (TPSA) is 74.7 Å². The van der Waals surface area contributed by atoms with Crippen molar-refractivity contribution in [3.63, 3.8) is 0 Å². The van der Waals surface area contributed by atoms with E-state index in [0.29, 0.717) is 24.1 Å². The van der Waals surface area contributed by atoms with Gasteiger partial charge in [0.05, 0.1) is 16.1 Å². The number of hydrogen-bond donors (Lipinski definition) is 1. The third-order valence-corrected chi connectivity index (χ3v) is 6.06. The van der Waals surface area contributed by atoms with Crippen molar-refractivity contribution in [3.8, 4) is 0 Å². The van der Waals surface area contributed by atoms with E-state index in [1.54, 1.807) is 13.0 Å². The van der Waals surface area contributed by atoms with E-state index in [2.05, 4.69) is 0 Å². The molecule has 2 aromatic rings. The second kappa shape index (κ2) is 5.90. The fraction of sp³-hybridized carbons (Fsp3) is 0.235. The van der Waals surface area contributed by atoms with Gasteiger partial charge in [0, 0.05) is 6.54 Å². The molecule has 5 nitrogen and oxygen atoms in total. The Morgan fingerprint density at radius 1 is 1.25 bits per heavy atom. The Bertz CT molecular complexity index is 924. The van der Waals surface area contributed by atoms with E-state index >= 15 is 0 Å². The zero-order chi connectivity index (χ0) is 17.5. The van der Waals surface area contributed by atoms with Crippen LogP contribution in [0.2, 0.25) is 0 Å². The van der Waals surface area contributed by atoms with E-state index in [1.807, 2.05) is 0 Å². The van der Waals surface area contributed by atoms with E-state index in [9.17, 15) is 17.6 Å². The summed E-state index contributed by atoms with van der Waals surface area (Å²) in [4.78, 5) is 11.1. The molecule has 1 heterocycles. The number of benzene rings is 2. The van der Waals surface area contributed by atoms with Crippen molar-refractivity contribution in [3.05, 3.63) is 58.9 Å². The number of rotatable bonds is 4. The van der Waals surface area contributed by atoms with E-state index < -0.39 is 21.8 Å². The summed E-state index contributed by atoms with van der Waals surface area (Å²) in [5, 5.41) is 9.14. The second-order valence-electron chi connectivity index (χ2n) is 5.58. The fourth-order valence-electron chi connectivity index (χ4n) is 2.91. The molecule has 0 amide bonds. The molecule has 7 heteroatoms. The summed E-state index contributed by atoms with van der Waals surface area (Å²) in [6.07, 6.45) is 0.938. The third kappa shape index (κ3) is 2.65. The van der Waals surface area contributed by atoms with Gasteiger partial charge in [-0.05, 0) is 48.2 Å². The quantitative estimate of drug-likeness (QED) is 0.921. The molecule has 0 spiro atoms. The van der Waals surface area contributed by atoms with Gasteiger partial charge in [0.15, 0.2) is 0 Å². The maximum atomic E-state index is 13.5. The van der Waals surface area contributed by atoms with Crippen LogP contribution in [0.1, 0.15) is 28.4 Å². The third-order valence-electron chi connectivity index (χ3n) is 4.16. The maximum Gasteiger partial charge on any atom is 0.335 e. The maximum absolute atomic E-state index is 13.5. The molecule has 24 heavy (non-hydrogen) atoms. The smallest absolute Gasteiger partial charge is 0.335 e. The van der Waals surface area contributed by atoms with Crippen LogP contribution in [0.15, 0.2) is 41.3 Å². The van der Waals surface area contributed by atoms with Crippen molar-refractivity contribution >= 4 is 21.7 Å². The van der Waals surface area contributed by atoms with Crippen molar-refractivity contribution in [1.82, 2.24) is 0 Å². The molecule has 3 rings (SSSR count). The number of anilines is 1. The molecule has 0 aromatic heterocycles. The lowest BCUT2D eigenvalue weighted by atomic mass is 10.1. The average Bonchev–Trinajstić information content (AvgIpc) is 2.97. The summed E-state index contributed by atoms with van der Waals surface area (Å²) in [5.74, 6) is -1.70. The van der Waals surface area contributed by atoms with Crippen LogP contribution in [0, 0.1) is 5.82 Å². The molecule has 1 N–H and O–H groups in total. The van der Waals surface area contributed by atoms with Crippen molar-refractivity contribution in [2.75, 3.05) is 10.8 Å². The molecule has 0 radical (unpaired) electrons. The zero-order valence-corrected chi connectivity index (χ0v) is 13.8. The number of hydrogen-bond acceptors (Lipinski definition) is 3. The molecule has 1 aliphatic rings. The molecule has 0 fully saturated rings. The van der Waals surface area contributed by atoms with Crippen LogP contribution >= 0.6 is 0 Å². The Hall–Kier alpha value is -2.41. The number of aryl methyl sites for hydroxylation is 1. The fourth-order valence-corrected chi connectivity index (χ4v) is 4.73. The molecule has 0 aliphatic carbocycles. The van der Waals surface area contributed by atoms with Crippen molar-refractivity contribution < 1.29 is 22.7 Å². The first-order valence-electron chi connectivity index (χ1n) is 7.52. The molecule has 0 atom stereocenters. The van der Waals surface area contributed by atoms with Crippen LogP contribution in [-0.2, 0) is 22.9 Å². The number of fused-ring (bicyclic) bond motifs is 1. The van der Waals surface area contributed by atoms with E-state index in [0.717, 1.165) is 9.87 Å². The van der Waals surface area contributed by atoms with Gasteiger partial charge in [0.1, 0.15) is 5.82 Å². The first-order chi connectivity index (χ1) is 11.3. The SMILES string of the molecule is CCc1ccc(C(=O)O)cc1S(=O)(=O)N1CCc2ccc(F)cc21. The van der Waals surface area contributed by atoms with Gasteiger partial charge >= 0.3 is 5.97 Å². The standard InChI is InChI=1S/C17H16FNO4S/c1-2-11-3-4-13(17(20)21)9-16(11)24(22,23)19-8-7-12-5-6-14(18)10-15(12)19/h3-6,9-10H,2,7-8H2,1H3,(H,20,21). The lowest BCUT2D eigenvalue weighted by Crippen LogP contribution is -2.30. The van der Waals surface area contributed by atoms with Gasteiger partial charge < -0.3 is 5.11 Å². The highest BCUT2D eigenvalue weighted by atomic mass is 32.2. The lowest BCUT2D eigenvalue weighted by Gasteiger charge is -2.21. The molecule has 0 bridgehead atoms. The average molecular weight is 349 g/mol. The van der Waals surface area contributed by atoms with Crippen LogP contribution in [-0.4, -0.2) is 26.0 Å². The molecule has 126 valence electrons. The summed E-state index contributed by atoms with van der Waals surface area (Å²) in [6, 6.07) is 8.16. The molecule has 2 aromatic carbocycles. The van der Waals surface area contributed by atoms with Crippen LogP contribution in [0.5, 0.6) is 0 Å². The highest BCUT2D eigenvalue weighted by molar-refractivity contribution is 7.93. The number of sulfonamides is 1. The summed E-state index contributed by atoms with van der Waals surface area (Å²) in [7, 11) is -3.96. The monoisotopic (exact) mass is 349 g/mol. The van der Waals surface area contributed by atoms with E-state index in [1.165, 1.54) is 30.3 Å². The highest BCUT2D eigenvalue weighted by Crippen LogP contribution is 2.34. The largest absolute Gasteiger partial charge is 0.478 e. The van der Waals surface area contributed by atoms with Crippen molar-refractivity contribution in [2.24, 2.45) is 0 Å². The summed E-state index contributed by atoms with van der Waals surface area (Å²) in [5.41, 5.74) is 1.51. The zero-order valence-electron chi connectivity index (χ0n) is 13.0. The molecular formula is C17H16FNO4S. The van der Waals surface area contributed by atoms with Crippen LogP contribution < -0.4 is 4.31 Å². The van der Waals surface area contributed by atoms with Gasteiger partial charge in [-0.3, -0.25) is 4.31 Å². The summed E-state index contributed by atoms with van der Waals surface area (Å²) < 4.78 is 40.8. The lowest BCUT2D eigenvalue weighted by molar-refractivity contribution is 0.0696. The van der Waals surface area contributed by atoms with Gasteiger partial charge in [-0.15, -0.1) is 0 Å². The Kier molecular flexibility index (Phi) is 4.04. The van der Waals surface area contributed by atoms with Crippen LogP contribution in [0.4, 0.5) is 10.1 Å². The highest BCUT2D eigenvalue weighted by Gasteiger charge is 2.33. The molecule has 0 saturated carbocycles. The molecular weight excluding hydrogens is 333 g/mol. The van der Waals surface area contributed by atoms with Gasteiger partial charge in [-0.1, -0.05) is 19.1 Å². The van der Waals surface area contributed by atoms with Gasteiger partial charge in [0.2, 0.25) is 0 Å². The Labute approximate surface area is 139 Å². The number of carboxylic acids is 1. The number of carbonyl (C=O) groups is 1. The Balaban J connectivity index is 2.15. The number of carboxylic acid groups (broad SMARTS) is 1. The van der Waals surface area contributed by atoms with Crippen LogP contribution in [0.3, 0.4) is 0 Å². The first kappa shape index (κ1) is 16.4. The normalized spacial score (nSPS) is 13.8.